The number of anilines is 1. The van der Waals surface area contributed by atoms with E-state index in [1.807, 2.05) is 0 Å². The monoisotopic (exact) mass is 437 g/mol. The molecule has 162 valence electrons. The summed E-state index contributed by atoms with van der Waals surface area (Å²) in [5.41, 5.74) is 0.356. The lowest BCUT2D eigenvalue weighted by Crippen LogP contribution is -2.48. The molecule has 0 spiro atoms. The van der Waals surface area contributed by atoms with Gasteiger partial charge >= 0.3 is 0 Å². The van der Waals surface area contributed by atoms with Gasteiger partial charge in [0, 0.05) is 32.2 Å². The molecule has 0 amide bonds. The molecule has 1 saturated heterocycles. The van der Waals surface area contributed by atoms with Gasteiger partial charge in [-0.3, -0.25) is 10.1 Å². The molecule has 0 atom stereocenters. The first-order valence-electron chi connectivity index (χ1n) is 9.11. The number of rotatable bonds is 7. The number of nitro benzene ring substituents is 1. The Morgan fingerprint density at radius 3 is 2.13 bits per heavy atom. The molecular weight excluding hydrogens is 414 g/mol. The van der Waals surface area contributed by atoms with Crippen molar-refractivity contribution in [1.29, 1.82) is 0 Å². The zero-order chi connectivity index (χ0) is 21.9. The Kier molecular flexibility index (Phi) is 6.32. The van der Waals surface area contributed by atoms with Crippen LogP contribution in [0, 0.1) is 10.1 Å². The van der Waals surface area contributed by atoms with Gasteiger partial charge in [0.1, 0.15) is 11.4 Å². The minimum Gasteiger partial charge on any atom is -0.496 e. The van der Waals surface area contributed by atoms with Crippen LogP contribution in [0.1, 0.15) is 0 Å². The molecule has 2 aromatic rings. The SMILES string of the molecule is COc1ccc(N2CCN(S(=O)(=O)c3ccc(OC)c(OC)c3)CC2)c([N+](=O)[O-])c1. The summed E-state index contributed by atoms with van der Waals surface area (Å²) in [6, 6.07) is 9.07. The molecule has 0 saturated carbocycles. The fourth-order valence-electron chi connectivity index (χ4n) is 3.34. The van der Waals surface area contributed by atoms with Crippen molar-refractivity contribution in [3.63, 3.8) is 0 Å². The summed E-state index contributed by atoms with van der Waals surface area (Å²) in [6.45, 7) is 1.03. The number of benzene rings is 2. The predicted molar refractivity (Wildman–Crippen MR) is 110 cm³/mol. The third-order valence-corrected chi connectivity index (χ3v) is 6.85. The predicted octanol–water partition coefficient (Wildman–Crippen LogP) is 2.13. The van der Waals surface area contributed by atoms with Gasteiger partial charge in [0.05, 0.1) is 37.2 Å². The van der Waals surface area contributed by atoms with Crippen LogP contribution in [0.2, 0.25) is 0 Å². The van der Waals surface area contributed by atoms with E-state index in [1.165, 1.54) is 43.8 Å². The van der Waals surface area contributed by atoms with Gasteiger partial charge in [-0.05, 0) is 24.3 Å². The van der Waals surface area contributed by atoms with Gasteiger partial charge in [0.2, 0.25) is 10.0 Å². The first-order valence-corrected chi connectivity index (χ1v) is 10.6. The first kappa shape index (κ1) is 21.7. The molecule has 0 bridgehead atoms. The number of ether oxygens (including phenoxy) is 3. The van der Waals surface area contributed by atoms with E-state index in [2.05, 4.69) is 0 Å². The summed E-state index contributed by atoms with van der Waals surface area (Å²) >= 11 is 0. The Labute approximate surface area is 174 Å². The van der Waals surface area contributed by atoms with Crippen LogP contribution in [-0.2, 0) is 10.0 Å². The van der Waals surface area contributed by atoms with Gasteiger partial charge in [-0.1, -0.05) is 0 Å². The molecule has 11 heteroatoms. The fraction of sp³-hybridized carbons (Fsp3) is 0.368. The van der Waals surface area contributed by atoms with Crippen LogP contribution in [-0.4, -0.2) is 65.2 Å². The van der Waals surface area contributed by atoms with Crippen molar-refractivity contribution in [2.75, 3.05) is 52.4 Å². The Bertz CT molecular complexity index is 1030. The van der Waals surface area contributed by atoms with Gasteiger partial charge in [-0.25, -0.2) is 8.42 Å². The summed E-state index contributed by atoms with van der Waals surface area (Å²) in [5, 5.41) is 11.4. The zero-order valence-electron chi connectivity index (χ0n) is 16.9. The second kappa shape index (κ2) is 8.76. The molecule has 2 aromatic carbocycles. The van der Waals surface area contributed by atoms with Crippen LogP contribution < -0.4 is 19.1 Å². The number of hydrogen-bond donors (Lipinski definition) is 0. The number of piperazine rings is 1. The van der Waals surface area contributed by atoms with E-state index in [9.17, 15) is 18.5 Å². The van der Waals surface area contributed by atoms with E-state index >= 15 is 0 Å². The maximum atomic E-state index is 13.0. The minimum absolute atomic E-state index is 0.0782. The summed E-state index contributed by atoms with van der Waals surface area (Å²) < 4.78 is 42.9. The molecule has 0 unspecified atom stereocenters. The van der Waals surface area contributed by atoms with Gasteiger partial charge in [0.15, 0.2) is 11.5 Å². The van der Waals surface area contributed by atoms with Crippen molar-refractivity contribution < 1.29 is 27.6 Å². The average Bonchev–Trinajstić information content (AvgIpc) is 2.78. The molecule has 0 radical (unpaired) electrons. The summed E-state index contributed by atoms with van der Waals surface area (Å²) in [7, 11) is 0.611. The van der Waals surface area contributed by atoms with Crippen molar-refractivity contribution in [1.82, 2.24) is 4.31 Å². The molecule has 1 aliphatic rings. The highest BCUT2D eigenvalue weighted by Crippen LogP contribution is 2.34. The first-order chi connectivity index (χ1) is 14.3. The van der Waals surface area contributed by atoms with Crippen molar-refractivity contribution in [3.8, 4) is 17.2 Å². The topological polar surface area (TPSA) is 111 Å². The maximum absolute atomic E-state index is 13.0. The maximum Gasteiger partial charge on any atom is 0.296 e. The Morgan fingerprint density at radius 1 is 0.900 bits per heavy atom. The molecule has 1 heterocycles. The second-order valence-corrected chi connectivity index (χ2v) is 8.46. The quantitative estimate of drug-likeness (QED) is 0.478. The number of nitrogens with zero attached hydrogens (tertiary/aromatic N) is 3. The van der Waals surface area contributed by atoms with Crippen LogP contribution in [0.25, 0.3) is 0 Å². The molecule has 0 aromatic heterocycles. The van der Waals surface area contributed by atoms with Crippen LogP contribution in [0.3, 0.4) is 0 Å². The van der Waals surface area contributed by atoms with Crippen LogP contribution in [0.5, 0.6) is 17.2 Å². The average molecular weight is 437 g/mol. The number of sulfonamides is 1. The molecular formula is C19H23N3O7S. The third kappa shape index (κ3) is 4.12. The molecule has 0 N–H and O–H groups in total. The molecule has 1 aliphatic heterocycles. The highest BCUT2D eigenvalue weighted by molar-refractivity contribution is 7.89. The van der Waals surface area contributed by atoms with Gasteiger partial charge in [-0.15, -0.1) is 0 Å². The molecule has 3 rings (SSSR count). The van der Waals surface area contributed by atoms with Crippen molar-refractivity contribution >= 4 is 21.4 Å². The van der Waals surface area contributed by atoms with Crippen molar-refractivity contribution in [3.05, 3.63) is 46.5 Å². The Hall–Kier alpha value is -3.05. The fourth-order valence-corrected chi connectivity index (χ4v) is 4.78. The highest BCUT2D eigenvalue weighted by atomic mass is 32.2. The van der Waals surface area contributed by atoms with E-state index in [4.69, 9.17) is 14.2 Å². The summed E-state index contributed by atoms with van der Waals surface area (Å²) in [4.78, 5) is 12.9. The van der Waals surface area contributed by atoms with E-state index in [1.54, 1.807) is 23.1 Å². The van der Waals surface area contributed by atoms with Crippen molar-refractivity contribution in [2.24, 2.45) is 0 Å². The van der Waals surface area contributed by atoms with E-state index < -0.39 is 14.9 Å². The number of methoxy groups -OCH3 is 3. The lowest BCUT2D eigenvalue weighted by atomic mass is 10.2. The lowest BCUT2D eigenvalue weighted by Gasteiger charge is -2.35. The second-order valence-electron chi connectivity index (χ2n) is 6.52. The van der Waals surface area contributed by atoms with E-state index in [0.29, 0.717) is 36.0 Å². The molecule has 10 nitrogen and oxygen atoms in total. The van der Waals surface area contributed by atoms with E-state index in [0.717, 1.165) is 0 Å². The Morgan fingerprint density at radius 2 is 1.57 bits per heavy atom. The van der Waals surface area contributed by atoms with Crippen LogP contribution >= 0.6 is 0 Å². The van der Waals surface area contributed by atoms with Crippen LogP contribution in [0.4, 0.5) is 11.4 Å². The summed E-state index contributed by atoms with van der Waals surface area (Å²) in [5.74, 6) is 1.15. The number of nitro groups is 1. The van der Waals surface area contributed by atoms with Gasteiger partial charge < -0.3 is 19.1 Å². The largest absolute Gasteiger partial charge is 0.496 e. The number of hydrogen-bond acceptors (Lipinski definition) is 8. The van der Waals surface area contributed by atoms with Crippen molar-refractivity contribution in [2.45, 2.75) is 4.90 Å². The highest BCUT2D eigenvalue weighted by Gasteiger charge is 2.31. The molecule has 0 aliphatic carbocycles. The normalized spacial score (nSPS) is 15.0. The third-order valence-electron chi connectivity index (χ3n) is 4.95. The standard InChI is InChI=1S/C19H23N3O7S/c1-27-14-4-6-16(17(12-14)22(23)24)20-8-10-21(11-9-20)30(25,26)15-5-7-18(28-2)19(13-15)29-3/h4-7,12-13H,8-11H2,1-3H3. The Balaban J connectivity index is 1.79. The summed E-state index contributed by atoms with van der Waals surface area (Å²) in [6.07, 6.45) is 0. The smallest absolute Gasteiger partial charge is 0.296 e. The van der Waals surface area contributed by atoms with Gasteiger partial charge in [-0.2, -0.15) is 4.31 Å². The zero-order valence-corrected chi connectivity index (χ0v) is 17.7. The van der Waals surface area contributed by atoms with Crippen LogP contribution in [0.15, 0.2) is 41.3 Å². The lowest BCUT2D eigenvalue weighted by molar-refractivity contribution is -0.384. The molecule has 1 fully saturated rings. The minimum atomic E-state index is -3.75. The van der Waals surface area contributed by atoms with Gasteiger partial charge in [0.25, 0.3) is 5.69 Å². The van der Waals surface area contributed by atoms with E-state index in [-0.39, 0.29) is 23.7 Å². The molecule has 30 heavy (non-hydrogen) atoms.